The number of para-hydroxylation sites is 1. The predicted molar refractivity (Wildman–Crippen MR) is 117 cm³/mol. The Labute approximate surface area is 169 Å². The van der Waals surface area contributed by atoms with Gasteiger partial charge >= 0.3 is 0 Å². The van der Waals surface area contributed by atoms with Crippen molar-refractivity contribution in [2.24, 2.45) is 16.8 Å². The highest BCUT2D eigenvalue weighted by molar-refractivity contribution is 14.0. The lowest BCUT2D eigenvalue weighted by Crippen LogP contribution is -2.46. The molecule has 0 aromatic heterocycles. The van der Waals surface area contributed by atoms with Crippen molar-refractivity contribution in [3.63, 3.8) is 0 Å². The summed E-state index contributed by atoms with van der Waals surface area (Å²) >= 11 is 0. The lowest BCUT2D eigenvalue weighted by Gasteiger charge is -2.28. The van der Waals surface area contributed by atoms with Gasteiger partial charge in [0.1, 0.15) is 0 Å². The standard InChI is InChI=1S/C19H32N4O.HI/c1-15(2)18(22-17-8-6-5-7-9-17)12-21-19(20-3)23(4)13-16-10-11-24-14-16;/h5-9,15-16,18,22H,10-14H2,1-4H3,(H,20,21);1H. The van der Waals surface area contributed by atoms with Gasteiger partial charge in [-0.05, 0) is 24.5 Å². The molecule has 25 heavy (non-hydrogen) atoms. The zero-order valence-corrected chi connectivity index (χ0v) is 18.2. The minimum Gasteiger partial charge on any atom is -0.381 e. The van der Waals surface area contributed by atoms with Gasteiger partial charge in [0.2, 0.25) is 0 Å². The van der Waals surface area contributed by atoms with Crippen LogP contribution in [-0.4, -0.2) is 57.3 Å². The van der Waals surface area contributed by atoms with E-state index in [0.29, 0.717) is 17.9 Å². The Morgan fingerprint density at radius 1 is 1.32 bits per heavy atom. The SMILES string of the molecule is CN=C(NCC(Nc1ccccc1)C(C)C)N(C)CC1CCOC1.I. The minimum atomic E-state index is 0. The third-order valence-electron chi connectivity index (χ3n) is 4.54. The molecule has 1 aromatic rings. The smallest absolute Gasteiger partial charge is 0.193 e. The first-order valence-corrected chi connectivity index (χ1v) is 8.91. The van der Waals surface area contributed by atoms with E-state index in [0.717, 1.165) is 44.4 Å². The largest absolute Gasteiger partial charge is 0.381 e. The van der Waals surface area contributed by atoms with Crippen LogP contribution in [0.25, 0.3) is 0 Å². The first-order chi connectivity index (χ1) is 11.6. The van der Waals surface area contributed by atoms with E-state index in [-0.39, 0.29) is 24.0 Å². The molecule has 1 fully saturated rings. The molecule has 2 N–H and O–H groups in total. The Hall–Kier alpha value is -1.02. The Bertz CT molecular complexity index is 503. The molecule has 0 spiro atoms. The Kier molecular flexibility index (Phi) is 10.2. The van der Waals surface area contributed by atoms with Crippen molar-refractivity contribution in [1.82, 2.24) is 10.2 Å². The molecule has 0 amide bonds. The van der Waals surface area contributed by atoms with Crippen LogP contribution in [0.15, 0.2) is 35.3 Å². The maximum Gasteiger partial charge on any atom is 0.193 e. The molecule has 1 aliphatic rings. The molecule has 0 aliphatic carbocycles. The highest BCUT2D eigenvalue weighted by Crippen LogP contribution is 2.14. The van der Waals surface area contributed by atoms with Crippen LogP contribution in [0.1, 0.15) is 20.3 Å². The summed E-state index contributed by atoms with van der Waals surface area (Å²) in [4.78, 5) is 6.64. The van der Waals surface area contributed by atoms with Crippen molar-refractivity contribution >= 4 is 35.6 Å². The van der Waals surface area contributed by atoms with Gasteiger partial charge in [0.05, 0.1) is 6.61 Å². The average Bonchev–Trinajstić information content (AvgIpc) is 3.08. The molecular weight excluding hydrogens is 427 g/mol. The second-order valence-electron chi connectivity index (χ2n) is 6.90. The number of hydrogen-bond donors (Lipinski definition) is 2. The Morgan fingerprint density at radius 2 is 2.04 bits per heavy atom. The van der Waals surface area contributed by atoms with Gasteiger partial charge in [0.15, 0.2) is 5.96 Å². The van der Waals surface area contributed by atoms with Crippen LogP contribution in [-0.2, 0) is 4.74 Å². The molecule has 1 aliphatic heterocycles. The second-order valence-corrected chi connectivity index (χ2v) is 6.90. The van der Waals surface area contributed by atoms with E-state index >= 15 is 0 Å². The predicted octanol–water partition coefficient (Wildman–Crippen LogP) is 3.28. The van der Waals surface area contributed by atoms with Crippen molar-refractivity contribution in [1.29, 1.82) is 0 Å². The molecular formula is C19H33IN4O. The summed E-state index contributed by atoms with van der Waals surface area (Å²) < 4.78 is 5.47. The normalized spacial score (nSPS) is 18.6. The van der Waals surface area contributed by atoms with Crippen molar-refractivity contribution in [3.05, 3.63) is 30.3 Å². The molecule has 0 radical (unpaired) electrons. The number of anilines is 1. The lowest BCUT2D eigenvalue weighted by atomic mass is 10.0. The number of rotatable bonds is 7. The number of hydrogen-bond acceptors (Lipinski definition) is 3. The van der Waals surface area contributed by atoms with Crippen molar-refractivity contribution in [3.8, 4) is 0 Å². The molecule has 1 heterocycles. The Morgan fingerprint density at radius 3 is 2.60 bits per heavy atom. The van der Waals surface area contributed by atoms with E-state index in [2.05, 4.69) is 65.7 Å². The van der Waals surface area contributed by atoms with E-state index in [1.54, 1.807) is 0 Å². The zero-order chi connectivity index (χ0) is 17.4. The summed E-state index contributed by atoms with van der Waals surface area (Å²) in [5.74, 6) is 2.07. The number of ether oxygens (including phenoxy) is 1. The number of aliphatic imine (C=N–C) groups is 1. The molecule has 1 aromatic carbocycles. The van der Waals surface area contributed by atoms with E-state index < -0.39 is 0 Å². The maximum absolute atomic E-state index is 5.47. The number of halogens is 1. The van der Waals surface area contributed by atoms with Gasteiger partial charge in [-0.3, -0.25) is 4.99 Å². The Balaban J connectivity index is 0.00000312. The van der Waals surface area contributed by atoms with E-state index in [1.807, 2.05) is 13.1 Å². The first kappa shape index (κ1) is 22.0. The molecule has 0 saturated carbocycles. The van der Waals surface area contributed by atoms with Gasteiger partial charge in [0.25, 0.3) is 0 Å². The minimum absolute atomic E-state index is 0. The first-order valence-electron chi connectivity index (χ1n) is 8.91. The molecule has 1 saturated heterocycles. The summed E-state index contributed by atoms with van der Waals surface area (Å²) in [5.41, 5.74) is 1.16. The third kappa shape index (κ3) is 7.40. The average molecular weight is 460 g/mol. The van der Waals surface area contributed by atoms with E-state index in [1.165, 1.54) is 0 Å². The van der Waals surface area contributed by atoms with Crippen molar-refractivity contribution < 1.29 is 4.74 Å². The van der Waals surface area contributed by atoms with E-state index in [4.69, 9.17) is 4.74 Å². The molecule has 2 atom stereocenters. The number of nitrogens with one attached hydrogen (secondary N) is 2. The highest BCUT2D eigenvalue weighted by Gasteiger charge is 2.20. The van der Waals surface area contributed by atoms with Crippen LogP contribution in [0, 0.1) is 11.8 Å². The molecule has 142 valence electrons. The van der Waals surface area contributed by atoms with Crippen LogP contribution < -0.4 is 10.6 Å². The number of nitrogens with zero attached hydrogens (tertiary/aromatic N) is 2. The van der Waals surface area contributed by atoms with Gasteiger partial charge in [-0.25, -0.2) is 0 Å². The topological polar surface area (TPSA) is 48.9 Å². The fourth-order valence-corrected chi connectivity index (χ4v) is 2.99. The van der Waals surface area contributed by atoms with Crippen LogP contribution >= 0.6 is 24.0 Å². The molecule has 0 bridgehead atoms. The van der Waals surface area contributed by atoms with Gasteiger partial charge in [-0.15, -0.1) is 24.0 Å². The fourth-order valence-electron chi connectivity index (χ4n) is 2.99. The van der Waals surface area contributed by atoms with Crippen LogP contribution in [0.2, 0.25) is 0 Å². The van der Waals surface area contributed by atoms with Gasteiger partial charge in [-0.2, -0.15) is 0 Å². The number of guanidine groups is 1. The summed E-state index contributed by atoms with van der Waals surface area (Å²) in [6.45, 7) is 8.06. The molecule has 2 rings (SSSR count). The summed E-state index contributed by atoms with van der Waals surface area (Å²) in [6, 6.07) is 10.7. The van der Waals surface area contributed by atoms with Crippen LogP contribution in [0.3, 0.4) is 0 Å². The second kappa shape index (κ2) is 11.6. The van der Waals surface area contributed by atoms with Crippen LogP contribution in [0.4, 0.5) is 5.69 Å². The van der Waals surface area contributed by atoms with Crippen molar-refractivity contribution in [2.75, 3.05) is 45.7 Å². The van der Waals surface area contributed by atoms with Gasteiger partial charge in [0, 0.05) is 51.4 Å². The van der Waals surface area contributed by atoms with Gasteiger partial charge in [-0.1, -0.05) is 32.0 Å². The lowest BCUT2D eigenvalue weighted by molar-refractivity contribution is 0.181. The van der Waals surface area contributed by atoms with E-state index in [9.17, 15) is 0 Å². The molecule has 2 unspecified atom stereocenters. The molecule has 6 heteroatoms. The fraction of sp³-hybridized carbons (Fsp3) is 0.632. The third-order valence-corrected chi connectivity index (χ3v) is 4.54. The van der Waals surface area contributed by atoms with Gasteiger partial charge < -0.3 is 20.3 Å². The number of benzene rings is 1. The summed E-state index contributed by atoms with van der Waals surface area (Å²) in [5, 5.41) is 7.13. The summed E-state index contributed by atoms with van der Waals surface area (Å²) in [7, 11) is 3.95. The maximum atomic E-state index is 5.47. The quantitative estimate of drug-likeness (QED) is 0.373. The van der Waals surface area contributed by atoms with Crippen LogP contribution in [0.5, 0.6) is 0 Å². The zero-order valence-electron chi connectivity index (χ0n) is 15.9. The summed E-state index contributed by atoms with van der Waals surface area (Å²) in [6.07, 6.45) is 1.14. The highest BCUT2D eigenvalue weighted by atomic mass is 127. The molecule has 5 nitrogen and oxygen atoms in total. The monoisotopic (exact) mass is 460 g/mol. The van der Waals surface area contributed by atoms with Crippen molar-refractivity contribution in [2.45, 2.75) is 26.3 Å².